The second-order valence-corrected chi connectivity index (χ2v) is 5.88. The Labute approximate surface area is 156 Å². The first-order chi connectivity index (χ1) is 9.49. The van der Waals surface area contributed by atoms with Crippen LogP contribution < -0.4 is 10.5 Å². The molecule has 0 bridgehead atoms. The van der Waals surface area contributed by atoms with Gasteiger partial charge in [-0.1, -0.05) is 34.8 Å². The minimum atomic E-state index is 0. The summed E-state index contributed by atoms with van der Waals surface area (Å²) in [4.78, 5) is 6.25. The van der Waals surface area contributed by atoms with Crippen LogP contribution in [0, 0.1) is 0 Å². The first-order valence-corrected chi connectivity index (χ1v) is 7.42. The van der Waals surface area contributed by atoms with Gasteiger partial charge < -0.3 is 15.4 Å². The summed E-state index contributed by atoms with van der Waals surface area (Å²) in [6, 6.07) is 3.71. The van der Waals surface area contributed by atoms with Gasteiger partial charge in [-0.15, -0.1) is 24.0 Å². The number of hydrogen-bond donors (Lipinski definition) is 1. The molecule has 0 amide bonds. The summed E-state index contributed by atoms with van der Waals surface area (Å²) >= 11 is 17.9. The summed E-state index contributed by atoms with van der Waals surface area (Å²) in [5, 5.41) is 1.24. The minimum Gasteiger partial charge on any atom is -0.489 e. The third-order valence-corrected chi connectivity index (χ3v) is 3.81. The van der Waals surface area contributed by atoms with Gasteiger partial charge in [0.15, 0.2) is 11.7 Å². The fourth-order valence-electron chi connectivity index (χ4n) is 1.74. The van der Waals surface area contributed by atoms with E-state index in [4.69, 9.17) is 45.3 Å². The number of halogens is 4. The molecule has 118 valence electrons. The summed E-state index contributed by atoms with van der Waals surface area (Å²) in [5.41, 5.74) is 5.87. The Hall–Kier alpha value is -0.110. The lowest BCUT2D eigenvalue weighted by molar-refractivity contribution is 0.328. The predicted octanol–water partition coefficient (Wildman–Crippen LogP) is 4.05. The molecule has 1 saturated carbocycles. The van der Waals surface area contributed by atoms with Gasteiger partial charge in [-0.2, -0.15) is 0 Å². The zero-order chi connectivity index (χ0) is 14.7. The van der Waals surface area contributed by atoms with E-state index in [0.29, 0.717) is 46.0 Å². The molecular weight excluding hydrogens is 447 g/mol. The van der Waals surface area contributed by atoms with Crippen LogP contribution in [0.15, 0.2) is 17.1 Å². The van der Waals surface area contributed by atoms with Crippen molar-refractivity contribution in [2.45, 2.75) is 18.9 Å². The van der Waals surface area contributed by atoms with Gasteiger partial charge in [-0.05, 0) is 25.0 Å². The highest BCUT2D eigenvalue weighted by Crippen LogP contribution is 2.35. The molecule has 0 saturated heterocycles. The summed E-state index contributed by atoms with van der Waals surface area (Å²) in [7, 11) is 1.95. The zero-order valence-corrected chi connectivity index (χ0v) is 16.1. The first kappa shape index (κ1) is 18.9. The second-order valence-electron chi connectivity index (χ2n) is 4.63. The smallest absolute Gasteiger partial charge is 0.191 e. The lowest BCUT2D eigenvalue weighted by atomic mass is 10.3. The molecule has 2 rings (SSSR count). The number of rotatable bonds is 5. The van der Waals surface area contributed by atoms with Crippen molar-refractivity contribution in [3.63, 3.8) is 0 Å². The molecule has 0 heterocycles. The summed E-state index contributed by atoms with van der Waals surface area (Å²) in [5.74, 6) is 0.950. The van der Waals surface area contributed by atoms with E-state index in [0.717, 1.165) is 0 Å². The van der Waals surface area contributed by atoms with Crippen molar-refractivity contribution in [2.24, 2.45) is 10.7 Å². The molecule has 0 unspecified atom stereocenters. The Morgan fingerprint density at radius 2 is 1.90 bits per heavy atom. The molecule has 1 aliphatic carbocycles. The van der Waals surface area contributed by atoms with Crippen LogP contribution in [0.2, 0.25) is 15.1 Å². The molecule has 0 aliphatic heterocycles. The molecule has 0 aromatic heterocycles. The molecule has 1 fully saturated rings. The number of hydrogen-bond acceptors (Lipinski definition) is 2. The lowest BCUT2D eigenvalue weighted by Gasteiger charge is -2.17. The van der Waals surface area contributed by atoms with Crippen LogP contribution in [0.4, 0.5) is 0 Å². The van der Waals surface area contributed by atoms with Crippen molar-refractivity contribution in [1.82, 2.24) is 4.90 Å². The molecule has 21 heavy (non-hydrogen) atoms. The zero-order valence-electron chi connectivity index (χ0n) is 11.5. The van der Waals surface area contributed by atoms with E-state index in [9.17, 15) is 0 Å². The van der Waals surface area contributed by atoms with E-state index in [2.05, 4.69) is 4.99 Å². The molecular formula is C13H17Cl3IN3O. The van der Waals surface area contributed by atoms with Gasteiger partial charge in [0, 0.05) is 18.1 Å². The number of nitrogens with zero attached hydrogens (tertiary/aromatic N) is 2. The molecule has 2 N–H and O–H groups in total. The fourth-order valence-corrected chi connectivity index (χ4v) is 2.66. The van der Waals surface area contributed by atoms with E-state index in [1.165, 1.54) is 12.8 Å². The van der Waals surface area contributed by atoms with Crippen molar-refractivity contribution in [1.29, 1.82) is 0 Å². The molecule has 1 aromatic rings. The van der Waals surface area contributed by atoms with E-state index >= 15 is 0 Å². The number of benzene rings is 1. The highest BCUT2D eigenvalue weighted by molar-refractivity contribution is 14.0. The molecule has 0 spiro atoms. The van der Waals surface area contributed by atoms with Crippen molar-refractivity contribution in [3.05, 3.63) is 27.2 Å². The van der Waals surface area contributed by atoms with E-state index in [1.807, 2.05) is 11.9 Å². The summed E-state index contributed by atoms with van der Waals surface area (Å²) in [6.45, 7) is 0.790. The van der Waals surface area contributed by atoms with Gasteiger partial charge in [-0.3, -0.25) is 0 Å². The topological polar surface area (TPSA) is 50.8 Å². The predicted molar refractivity (Wildman–Crippen MR) is 99.7 cm³/mol. The average molecular weight is 465 g/mol. The first-order valence-electron chi connectivity index (χ1n) is 6.29. The third kappa shape index (κ3) is 5.54. The van der Waals surface area contributed by atoms with E-state index in [1.54, 1.807) is 12.1 Å². The standard InChI is InChI=1S/C13H16Cl3N3O.HI/c1-19(9-2-3-9)13(17)18-4-5-20-12-10(15)6-8(14)7-11(12)16;/h6-7,9H,2-5H2,1H3,(H2,17,18);1H. The monoisotopic (exact) mass is 463 g/mol. The second kappa shape index (κ2) is 8.50. The average Bonchev–Trinajstić information content (AvgIpc) is 3.19. The third-order valence-electron chi connectivity index (χ3n) is 3.03. The van der Waals surface area contributed by atoms with Crippen LogP contribution in [-0.4, -0.2) is 37.1 Å². The lowest BCUT2D eigenvalue weighted by Crippen LogP contribution is -2.36. The van der Waals surface area contributed by atoms with E-state index in [-0.39, 0.29) is 24.0 Å². The summed E-state index contributed by atoms with van der Waals surface area (Å²) < 4.78 is 5.53. The van der Waals surface area contributed by atoms with Gasteiger partial charge in [-0.25, -0.2) is 4.99 Å². The number of ether oxygens (including phenoxy) is 1. The minimum absolute atomic E-state index is 0. The number of nitrogens with two attached hydrogens (primary N) is 1. The van der Waals surface area contributed by atoms with Crippen molar-refractivity contribution in [2.75, 3.05) is 20.2 Å². The normalized spacial score (nSPS) is 14.6. The van der Waals surface area contributed by atoms with Gasteiger partial charge in [0.2, 0.25) is 0 Å². The Balaban J connectivity index is 0.00000220. The fraction of sp³-hybridized carbons (Fsp3) is 0.462. The Morgan fingerprint density at radius 1 is 1.33 bits per heavy atom. The largest absolute Gasteiger partial charge is 0.489 e. The SMILES string of the molecule is CN(C(N)=NCCOc1c(Cl)cc(Cl)cc1Cl)C1CC1.I. The van der Waals surface area contributed by atoms with Gasteiger partial charge >= 0.3 is 0 Å². The van der Waals surface area contributed by atoms with E-state index < -0.39 is 0 Å². The van der Waals surface area contributed by atoms with Crippen LogP contribution in [0.5, 0.6) is 5.75 Å². The summed E-state index contributed by atoms with van der Waals surface area (Å²) in [6.07, 6.45) is 2.36. The highest BCUT2D eigenvalue weighted by atomic mass is 127. The maximum Gasteiger partial charge on any atom is 0.191 e. The van der Waals surface area contributed by atoms with Crippen molar-refractivity contribution >= 4 is 64.7 Å². The molecule has 4 nitrogen and oxygen atoms in total. The Bertz CT molecular complexity index is 500. The molecule has 0 atom stereocenters. The molecule has 8 heteroatoms. The highest BCUT2D eigenvalue weighted by Gasteiger charge is 2.27. The molecule has 0 radical (unpaired) electrons. The van der Waals surface area contributed by atoms with Crippen LogP contribution in [0.1, 0.15) is 12.8 Å². The van der Waals surface area contributed by atoms with Gasteiger partial charge in [0.25, 0.3) is 0 Å². The van der Waals surface area contributed by atoms with Crippen LogP contribution in [0.25, 0.3) is 0 Å². The van der Waals surface area contributed by atoms with Crippen molar-refractivity contribution in [3.8, 4) is 5.75 Å². The van der Waals surface area contributed by atoms with Crippen LogP contribution in [0.3, 0.4) is 0 Å². The Kier molecular flexibility index (Phi) is 7.67. The van der Waals surface area contributed by atoms with Crippen LogP contribution >= 0.6 is 58.8 Å². The number of aliphatic imine (C=N–C) groups is 1. The molecule has 1 aromatic carbocycles. The van der Waals surface area contributed by atoms with Gasteiger partial charge in [0.05, 0.1) is 16.6 Å². The maximum atomic E-state index is 6.01. The quantitative estimate of drug-likeness (QED) is 0.310. The Morgan fingerprint density at radius 3 is 2.43 bits per heavy atom. The van der Waals surface area contributed by atoms with Crippen molar-refractivity contribution < 1.29 is 4.74 Å². The maximum absolute atomic E-state index is 6.01. The molecule has 1 aliphatic rings. The number of guanidine groups is 1. The van der Waals surface area contributed by atoms with Crippen LogP contribution in [-0.2, 0) is 0 Å². The van der Waals surface area contributed by atoms with Gasteiger partial charge in [0.1, 0.15) is 6.61 Å².